The van der Waals surface area contributed by atoms with Gasteiger partial charge in [-0.15, -0.1) is 0 Å². The number of hydrogen-bond acceptors (Lipinski definition) is 5. The maximum atomic E-state index is 11.3. The fourth-order valence-electron chi connectivity index (χ4n) is 2.80. The first kappa shape index (κ1) is 12.8. The third-order valence-electron chi connectivity index (χ3n) is 3.70. The molecule has 3 rings (SSSR count). The summed E-state index contributed by atoms with van der Waals surface area (Å²) < 4.78 is 0. The zero-order valence-electron chi connectivity index (χ0n) is 11.0. The van der Waals surface area contributed by atoms with E-state index in [4.69, 9.17) is 5.73 Å². The normalized spacial score (nSPS) is 19.2. The van der Waals surface area contributed by atoms with Gasteiger partial charge in [0, 0.05) is 24.5 Å². The van der Waals surface area contributed by atoms with E-state index in [2.05, 4.69) is 4.98 Å². The molecule has 2 aromatic rings. The molecule has 6 nitrogen and oxygen atoms in total. The van der Waals surface area contributed by atoms with Crippen LogP contribution in [-0.4, -0.2) is 29.0 Å². The molecule has 1 saturated heterocycles. The molecular formula is C14H16N4O2. The number of anilines is 1. The molecule has 2 heterocycles. The summed E-state index contributed by atoms with van der Waals surface area (Å²) in [4.78, 5) is 17.1. The van der Waals surface area contributed by atoms with E-state index in [1.165, 1.54) is 6.20 Å². The van der Waals surface area contributed by atoms with Gasteiger partial charge in [-0.25, -0.2) is 4.98 Å². The van der Waals surface area contributed by atoms with Gasteiger partial charge in [-0.3, -0.25) is 10.1 Å². The van der Waals surface area contributed by atoms with Crippen LogP contribution in [0.5, 0.6) is 0 Å². The molecule has 0 bridgehead atoms. The number of pyridine rings is 1. The molecule has 6 heteroatoms. The van der Waals surface area contributed by atoms with E-state index in [9.17, 15) is 10.1 Å². The minimum Gasteiger partial charge on any atom is -0.364 e. The zero-order chi connectivity index (χ0) is 14.1. The largest absolute Gasteiger partial charge is 0.364 e. The van der Waals surface area contributed by atoms with Crippen LogP contribution in [0.4, 0.5) is 11.4 Å². The van der Waals surface area contributed by atoms with E-state index in [1.807, 2.05) is 29.2 Å². The summed E-state index contributed by atoms with van der Waals surface area (Å²) in [5, 5.41) is 12.1. The zero-order valence-corrected chi connectivity index (χ0v) is 11.0. The second-order valence-electron chi connectivity index (χ2n) is 5.11. The molecule has 0 unspecified atom stereocenters. The number of nitrogens with zero attached hydrogens (tertiary/aromatic N) is 3. The standard InChI is InChI=1S/C14H16N4O2/c15-10-4-3-7-17(9-10)14-11-5-1-2-6-12(11)16-8-13(14)18(19)20/h1-2,5-6,8,10H,3-4,7,9,15H2/t10-/m1/s1. The summed E-state index contributed by atoms with van der Waals surface area (Å²) in [6.45, 7) is 1.44. The van der Waals surface area contributed by atoms with Gasteiger partial charge in [-0.05, 0) is 18.9 Å². The van der Waals surface area contributed by atoms with Crippen LogP contribution in [0, 0.1) is 10.1 Å². The summed E-state index contributed by atoms with van der Waals surface area (Å²) in [6, 6.07) is 7.57. The predicted octanol–water partition coefficient (Wildman–Crippen LogP) is 2.07. The highest BCUT2D eigenvalue weighted by atomic mass is 16.6. The highest BCUT2D eigenvalue weighted by molar-refractivity contribution is 5.96. The Morgan fingerprint density at radius 1 is 1.40 bits per heavy atom. The van der Waals surface area contributed by atoms with Crippen LogP contribution in [0.25, 0.3) is 10.9 Å². The Bertz CT molecular complexity index is 659. The summed E-state index contributed by atoms with van der Waals surface area (Å²) in [7, 11) is 0. The lowest BCUT2D eigenvalue weighted by Gasteiger charge is -2.32. The van der Waals surface area contributed by atoms with Crippen molar-refractivity contribution in [2.75, 3.05) is 18.0 Å². The van der Waals surface area contributed by atoms with E-state index in [0.717, 1.165) is 30.3 Å². The first-order valence-corrected chi connectivity index (χ1v) is 6.69. The van der Waals surface area contributed by atoms with Crippen molar-refractivity contribution in [1.29, 1.82) is 0 Å². The first-order chi connectivity index (χ1) is 9.66. The minimum atomic E-state index is -0.366. The maximum absolute atomic E-state index is 11.3. The van der Waals surface area contributed by atoms with Gasteiger partial charge in [0.05, 0.1) is 10.4 Å². The summed E-state index contributed by atoms with van der Waals surface area (Å²) in [6.07, 6.45) is 3.26. The van der Waals surface area contributed by atoms with Gasteiger partial charge in [-0.1, -0.05) is 18.2 Å². The van der Waals surface area contributed by atoms with E-state index >= 15 is 0 Å². The Labute approximate surface area is 116 Å². The van der Waals surface area contributed by atoms with Gasteiger partial charge in [0.15, 0.2) is 0 Å². The van der Waals surface area contributed by atoms with Crippen molar-refractivity contribution in [2.45, 2.75) is 18.9 Å². The number of nitrogens with two attached hydrogens (primary N) is 1. The number of nitro groups is 1. The van der Waals surface area contributed by atoms with Gasteiger partial charge < -0.3 is 10.6 Å². The van der Waals surface area contributed by atoms with Crippen molar-refractivity contribution >= 4 is 22.3 Å². The molecule has 0 saturated carbocycles. The number of para-hydroxylation sites is 1. The van der Waals surface area contributed by atoms with Crippen LogP contribution in [0.3, 0.4) is 0 Å². The van der Waals surface area contributed by atoms with Crippen molar-refractivity contribution in [3.63, 3.8) is 0 Å². The smallest absolute Gasteiger partial charge is 0.311 e. The Kier molecular flexibility index (Phi) is 3.23. The average molecular weight is 272 g/mol. The lowest BCUT2D eigenvalue weighted by atomic mass is 10.0. The fraction of sp³-hybridized carbons (Fsp3) is 0.357. The predicted molar refractivity (Wildman–Crippen MR) is 77.8 cm³/mol. The van der Waals surface area contributed by atoms with Gasteiger partial charge in [0.25, 0.3) is 0 Å². The molecule has 1 aromatic carbocycles. The Morgan fingerprint density at radius 3 is 2.95 bits per heavy atom. The highest BCUT2D eigenvalue weighted by Crippen LogP contribution is 2.35. The van der Waals surface area contributed by atoms with Crippen molar-refractivity contribution < 1.29 is 4.92 Å². The molecule has 1 aromatic heterocycles. The number of piperidine rings is 1. The van der Waals surface area contributed by atoms with Crippen molar-refractivity contribution in [2.24, 2.45) is 5.73 Å². The molecular weight excluding hydrogens is 256 g/mol. The molecule has 1 atom stereocenters. The molecule has 1 aliphatic heterocycles. The quantitative estimate of drug-likeness (QED) is 0.668. The van der Waals surface area contributed by atoms with Crippen LogP contribution < -0.4 is 10.6 Å². The lowest BCUT2D eigenvalue weighted by molar-refractivity contribution is -0.384. The molecule has 0 spiro atoms. The fourth-order valence-corrected chi connectivity index (χ4v) is 2.80. The molecule has 0 amide bonds. The monoisotopic (exact) mass is 272 g/mol. The maximum Gasteiger partial charge on any atom is 0.311 e. The third kappa shape index (κ3) is 2.18. The van der Waals surface area contributed by atoms with Gasteiger partial charge in [-0.2, -0.15) is 0 Å². The number of rotatable bonds is 2. The lowest BCUT2D eigenvalue weighted by Crippen LogP contribution is -2.43. The summed E-state index contributed by atoms with van der Waals surface area (Å²) in [5.41, 5.74) is 7.48. The van der Waals surface area contributed by atoms with Crippen molar-refractivity contribution in [3.8, 4) is 0 Å². The number of benzene rings is 1. The minimum absolute atomic E-state index is 0.0535. The van der Waals surface area contributed by atoms with Crippen molar-refractivity contribution in [1.82, 2.24) is 4.98 Å². The number of aromatic nitrogens is 1. The van der Waals surface area contributed by atoms with Crippen LogP contribution in [0.15, 0.2) is 30.5 Å². The second kappa shape index (κ2) is 5.05. The Balaban J connectivity index is 2.19. The Morgan fingerprint density at radius 2 is 2.20 bits per heavy atom. The number of hydrogen-bond donors (Lipinski definition) is 1. The third-order valence-corrected chi connectivity index (χ3v) is 3.70. The molecule has 20 heavy (non-hydrogen) atoms. The second-order valence-corrected chi connectivity index (χ2v) is 5.11. The molecule has 2 N–H and O–H groups in total. The van der Waals surface area contributed by atoms with E-state index in [0.29, 0.717) is 12.2 Å². The van der Waals surface area contributed by atoms with Crippen molar-refractivity contribution in [3.05, 3.63) is 40.6 Å². The van der Waals surface area contributed by atoms with Gasteiger partial charge in [0.1, 0.15) is 11.9 Å². The van der Waals surface area contributed by atoms with Gasteiger partial charge in [0.2, 0.25) is 0 Å². The van der Waals surface area contributed by atoms with E-state index in [-0.39, 0.29) is 16.7 Å². The van der Waals surface area contributed by atoms with Crippen LogP contribution in [0.2, 0.25) is 0 Å². The van der Waals surface area contributed by atoms with Gasteiger partial charge >= 0.3 is 5.69 Å². The Hall–Kier alpha value is -2.21. The average Bonchev–Trinajstić information content (AvgIpc) is 2.46. The van der Waals surface area contributed by atoms with Crippen LogP contribution in [0.1, 0.15) is 12.8 Å². The number of fused-ring (bicyclic) bond motifs is 1. The van der Waals surface area contributed by atoms with Crippen LogP contribution in [-0.2, 0) is 0 Å². The van der Waals surface area contributed by atoms with E-state index in [1.54, 1.807) is 0 Å². The summed E-state index contributed by atoms with van der Waals surface area (Å²) >= 11 is 0. The highest BCUT2D eigenvalue weighted by Gasteiger charge is 2.26. The topological polar surface area (TPSA) is 85.3 Å². The van der Waals surface area contributed by atoms with Crippen LogP contribution >= 0.6 is 0 Å². The van der Waals surface area contributed by atoms with E-state index < -0.39 is 0 Å². The molecule has 1 fully saturated rings. The molecule has 104 valence electrons. The molecule has 0 radical (unpaired) electrons. The molecule has 1 aliphatic rings. The summed E-state index contributed by atoms with van der Waals surface area (Å²) in [5.74, 6) is 0. The first-order valence-electron chi connectivity index (χ1n) is 6.69. The SMILES string of the molecule is N[C@@H]1CCCN(c2c([N+](=O)[O-])cnc3ccccc23)C1. The molecule has 0 aliphatic carbocycles.